The Hall–Kier alpha value is -2.74. The first-order valence-electron chi connectivity index (χ1n) is 8.56. The number of nitrogens with two attached hydrogens (primary N) is 1. The number of urea groups is 1. The number of thiazole rings is 1. The van der Waals surface area contributed by atoms with Crippen molar-refractivity contribution in [2.75, 3.05) is 0 Å². The van der Waals surface area contributed by atoms with Gasteiger partial charge in [0, 0.05) is 10.9 Å². The van der Waals surface area contributed by atoms with E-state index < -0.39 is 24.0 Å². The lowest BCUT2D eigenvalue weighted by Gasteiger charge is -2.19. The van der Waals surface area contributed by atoms with Crippen LogP contribution in [0.25, 0.3) is 10.6 Å². The summed E-state index contributed by atoms with van der Waals surface area (Å²) < 4.78 is 5.25. The first kappa shape index (κ1) is 20.6. The molecule has 2 rings (SSSR count). The van der Waals surface area contributed by atoms with Crippen LogP contribution in [0.2, 0.25) is 0 Å². The summed E-state index contributed by atoms with van der Waals surface area (Å²) in [5.74, 6) is -1.39. The van der Waals surface area contributed by atoms with Gasteiger partial charge in [0.25, 0.3) is 5.91 Å². The Labute approximate surface area is 161 Å². The number of nitrogens with zero attached hydrogens (tertiary/aromatic N) is 1. The molecular formula is C19H23N3O4S. The van der Waals surface area contributed by atoms with E-state index in [9.17, 15) is 14.4 Å². The average Bonchev–Trinajstić information content (AvgIpc) is 3.08. The number of carbonyl (C=O) groups is 3. The molecule has 0 aliphatic heterocycles. The highest BCUT2D eigenvalue weighted by atomic mass is 32.1. The maximum absolute atomic E-state index is 12.4. The molecule has 0 bridgehead atoms. The van der Waals surface area contributed by atoms with Gasteiger partial charge >= 0.3 is 12.0 Å². The van der Waals surface area contributed by atoms with Crippen molar-refractivity contribution < 1.29 is 19.1 Å². The monoisotopic (exact) mass is 389 g/mol. The second-order valence-electron chi connectivity index (χ2n) is 6.74. The largest absolute Gasteiger partial charge is 0.447 e. The third-order valence-electron chi connectivity index (χ3n) is 3.88. The lowest BCUT2D eigenvalue weighted by atomic mass is 10.0. The summed E-state index contributed by atoms with van der Waals surface area (Å²) in [5, 5.41) is 4.19. The van der Waals surface area contributed by atoms with Crippen molar-refractivity contribution in [2.24, 2.45) is 11.7 Å². The number of esters is 1. The quantitative estimate of drug-likeness (QED) is 0.736. The van der Waals surface area contributed by atoms with E-state index in [1.165, 1.54) is 16.9 Å². The summed E-state index contributed by atoms with van der Waals surface area (Å²) >= 11 is 1.31. The number of aromatic nitrogens is 1. The first-order valence-corrected chi connectivity index (χ1v) is 9.44. The van der Waals surface area contributed by atoms with E-state index >= 15 is 0 Å². The molecular weight excluding hydrogens is 366 g/mol. The van der Waals surface area contributed by atoms with Crippen molar-refractivity contribution in [1.82, 2.24) is 10.3 Å². The SMILES string of the molecule is CC(C)c1ccc(-c2nc(C(=O)O[C@@H](C(=O)NC(N)=O)C(C)C)cs2)cc1. The molecule has 0 fully saturated rings. The van der Waals surface area contributed by atoms with Gasteiger partial charge < -0.3 is 10.5 Å². The molecule has 0 aliphatic carbocycles. The van der Waals surface area contributed by atoms with Gasteiger partial charge in [0.2, 0.25) is 0 Å². The van der Waals surface area contributed by atoms with Gasteiger partial charge in [-0.25, -0.2) is 14.6 Å². The van der Waals surface area contributed by atoms with E-state index in [0.717, 1.165) is 5.56 Å². The summed E-state index contributed by atoms with van der Waals surface area (Å²) in [6.07, 6.45) is -1.14. The summed E-state index contributed by atoms with van der Waals surface area (Å²) in [4.78, 5) is 39.5. The third kappa shape index (κ3) is 5.37. The van der Waals surface area contributed by atoms with Crippen LogP contribution in [0.3, 0.4) is 0 Å². The number of amides is 3. The lowest BCUT2D eigenvalue weighted by molar-refractivity contribution is -0.130. The zero-order chi connectivity index (χ0) is 20.1. The van der Waals surface area contributed by atoms with Crippen LogP contribution in [0.5, 0.6) is 0 Å². The smallest absolute Gasteiger partial charge is 0.358 e. The summed E-state index contributed by atoms with van der Waals surface area (Å²) in [5.41, 5.74) is 7.18. The highest BCUT2D eigenvalue weighted by Crippen LogP contribution is 2.26. The molecule has 1 atom stereocenters. The van der Waals surface area contributed by atoms with Crippen molar-refractivity contribution >= 4 is 29.2 Å². The molecule has 1 aromatic heterocycles. The molecule has 27 heavy (non-hydrogen) atoms. The minimum Gasteiger partial charge on any atom is -0.447 e. The Kier molecular flexibility index (Phi) is 6.68. The Balaban J connectivity index is 2.13. The molecule has 0 radical (unpaired) electrons. The Morgan fingerprint density at radius 1 is 1.11 bits per heavy atom. The van der Waals surface area contributed by atoms with Crippen LogP contribution in [0.4, 0.5) is 4.79 Å². The van der Waals surface area contributed by atoms with Crippen molar-refractivity contribution in [3.63, 3.8) is 0 Å². The fourth-order valence-electron chi connectivity index (χ4n) is 2.37. The molecule has 0 spiro atoms. The van der Waals surface area contributed by atoms with Crippen molar-refractivity contribution in [3.05, 3.63) is 40.9 Å². The van der Waals surface area contributed by atoms with Crippen molar-refractivity contribution in [2.45, 2.75) is 39.7 Å². The topological polar surface area (TPSA) is 111 Å². The number of benzene rings is 1. The van der Waals surface area contributed by atoms with Gasteiger partial charge in [-0.15, -0.1) is 11.3 Å². The lowest BCUT2D eigenvalue weighted by Crippen LogP contribution is -2.45. The number of hydrogen-bond donors (Lipinski definition) is 2. The van der Waals surface area contributed by atoms with Crippen LogP contribution in [0.15, 0.2) is 29.6 Å². The van der Waals surface area contributed by atoms with E-state index in [2.05, 4.69) is 18.8 Å². The number of imide groups is 1. The van der Waals surface area contributed by atoms with Crippen molar-refractivity contribution in [1.29, 1.82) is 0 Å². The summed E-state index contributed by atoms with van der Waals surface area (Å²) in [6, 6.07) is 6.98. The molecule has 0 unspecified atom stereocenters. The highest BCUT2D eigenvalue weighted by molar-refractivity contribution is 7.13. The number of hydrogen-bond acceptors (Lipinski definition) is 6. The third-order valence-corrected chi connectivity index (χ3v) is 4.77. The van der Waals surface area contributed by atoms with Crippen LogP contribution in [-0.4, -0.2) is 29.0 Å². The predicted octanol–water partition coefficient (Wildman–Crippen LogP) is 3.31. The number of nitrogens with one attached hydrogen (secondary N) is 1. The van der Waals surface area contributed by atoms with Crippen LogP contribution in [-0.2, 0) is 9.53 Å². The molecule has 2 aromatic rings. The summed E-state index contributed by atoms with van der Waals surface area (Å²) in [6.45, 7) is 7.63. The van der Waals surface area contributed by atoms with Crippen LogP contribution in [0.1, 0.15) is 49.7 Å². The minimum absolute atomic E-state index is 0.112. The molecule has 3 N–H and O–H groups in total. The molecule has 0 aliphatic rings. The highest BCUT2D eigenvalue weighted by Gasteiger charge is 2.28. The van der Waals surface area contributed by atoms with E-state index in [1.807, 2.05) is 29.6 Å². The summed E-state index contributed by atoms with van der Waals surface area (Å²) in [7, 11) is 0. The van der Waals surface area contributed by atoms with E-state index in [1.54, 1.807) is 19.2 Å². The van der Waals surface area contributed by atoms with Gasteiger partial charge in [-0.05, 0) is 17.4 Å². The molecule has 1 aromatic carbocycles. The second kappa shape index (κ2) is 8.77. The predicted molar refractivity (Wildman–Crippen MR) is 103 cm³/mol. The number of carbonyl (C=O) groups excluding carboxylic acids is 3. The standard InChI is InChI=1S/C19H23N3O4S/c1-10(2)12-5-7-13(8-6-12)17-21-14(9-27-17)18(24)26-15(11(3)4)16(23)22-19(20)25/h5-11,15H,1-4H3,(H3,20,22,23,25)/t15-/m1/s1. The van der Waals surface area contributed by atoms with Gasteiger partial charge in [-0.2, -0.15) is 0 Å². The number of rotatable bonds is 6. The fourth-order valence-corrected chi connectivity index (χ4v) is 3.17. The Bertz CT molecular complexity index is 828. The fraction of sp³-hybridized carbons (Fsp3) is 0.368. The van der Waals surface area contributed by atoms with E-state index in [4.69, 9.17) is 10.5 Å². The minimum atomic E-state index is -1.14. The maximum Gasteiger partial charge on any atom is 0.358 e. The second-order valence-corrected chi connectivity index (χ2v) is 7.60. The maximum atomic E-state index is 12.4. The average molecular weight is 389 g/mol. The molecule has 3 amide bonds. The molecule has 8 heteroatoms. The first-order chi connectivity index (χ1) is 12.7. The van der Waals surface area contributed by atoms with Crippen LogP contribution < -0.4 is 11.1 Å². The zero-order valence-corrected chi connectivity index (χ0v) is 16.5. The number of primary amides is 1. The molecule has 144 valence electrons. The number of ether oxygens (including phenoxy) is 1. The normalized spacial score (nSPS) is 12.1. The van der Waals surface area contributed by atoms with Crippen LogP contribution in [0, 0.1) is 5.92 Å². The van der Waals surface area contributed by atoms with Gasteiger partial charge in [-0.3, -0.25) is 10.1 Å². The molecule has 7 nitrogen and oxygen atoms in total. The molecule has 0 saturated carbocycles. The Morgan fingerprint density at radius 3 is 2.26 bits per heavy atom. The van der Waals surface area contributed by atoms with Gasteiger partial charge in [0.05, 0.1) is 0 Å². The van der Waals surface area contributed by atoms with Gasteiger partial charge in [0.15, 0.2) is 11.8 Å². The van der Waals surface area contributed by atoms with Gasteiger partial charge in [-0.1, -0.05) is 52.0 Å². The molecule has 1 heterocycles. The van der Waals surface area contributed by atoms with Crippen LogP contribution >= 0.6 is 11.3 Å². The van der Waals surface area contributed by atoms with Crippen molar-refractivity contribution in [3.8, 4) is 10.6 Å². The molecule has 0 saturated heterocycles. The zero-order valence-electron chi connectivity index (χ0n) is 15.7. The van der Waals surface area contributed by atoms with Gasteiger partial charge in [0.1, 0.15) is 5.01 Å². The van der Waals surface area contributed by atoms with E-state index in [0.29, 0.717) is 10.9 Å². The van der Waals surface area contributed by atoms with E-state index in [-0.39, 0.29) is 11.6 Å². The Morgan fingerprint density at radius 2 is 1.74 bits per heavy atom.